The molecule has 7 heteroatoms. The van der Waals surface area contributed by atoms with Gasteiger partial charge in [-0.25, -0.2) is 13.8 Å². The second kappa shape index (κ2) is 6.25. The van der Waals surface area contributed by atoms with Crippen molar-refractivity contribution in [2.24, 2.45) is 0 Å². The normalized spacial score (nSPS) is 10.3. The molecule has 0 saturated heterocycles. The van der Waals surface area contributed by atoms with Gasteiger partial charge < -0.3 is 9.47 Å². The molecule has 0 aliphatic heterocycles. The summed E-state index contributed by atoms with van der Waals surface area (Å²) < 4.78 is 36.1. The minimum Gasteiger partial charge on any atom is -0.480 e. The first-order chi connectivity index (χ1) is 10.0. The zero-order chi connectivity index (χ0) is 15.4. The summed E-state index contributed by atoms with van der Waals surface area (Å²) in [5.41, 5.74) is 0.181. The number of carbonyl (C=O) groups excluding carboxylic acids is 1. The van der Waals surface area contributed by atoms with Crippen molar-refractivity contribution < 1.29 is 23.0 Å². The molecular formula is C14H12F2N2O3. The third kappa shape index (κ3) is 3.50. The summed E-state index contributed by atoms with van der Waals surface area (Å²) >= 11 is 0. The lowest BCUT2D eigenvalue weighted by Gasteiger charge is -2.07. The van der Waals surface area contributed by atoms with Crippen molar-refractivity contribution in [3.63, 3.8) is 0 Å². The number of halogens is 2. The first-order valence-corrected chi connectivity index (χ1v) is 5.96. The van der Waals surface area contributed by atoms with Crippen LogP contribution in [-0.2, 0) is 6.42 Å². The van der Waals surface area contributed by atoms with Gasteiger partial charge in [-0.05, 0) is 17.7 Å². The monoisotopic (exact) mass is 294 g/mol. The maximum Gasteiger partial charge on any atom is 0.246 e. The van der Waals surface area contributed by atoms with Crippen LogP contribution >= 0.6 is 0 Å². The summed E-state index contributed by atoms with van der Waals surface area (Å²) in [5.74, 6) is -1.76. The van der Waals surface area contributed by atoms with E-state index in [4.69, 9.17) is 9.47 Å². The predicted octanol–water partition coefficient (Wildman–Crippen LogP) is 2.20. The lowest BCUT2D eigenvalue weighted by atomic mass is 10.1. The Kier molecular flexibility index (Phi) is 4.42. The first-order valence-electron chi connectivity index (χ1n) is 5.96. The van der Waals surface area contributed by atoms with Gasteiger partial charge in [0, 0.05) is 12.5 Å². The van der Waals surface area contributed by atoms with Gasteiger partial charge in [-0.1, -0.05) is 0 Å². The molecule has 5 nitrogen and oxygen atoms in total. The summed E-state index contributed by atoms with van der Waals surface area (Å²) in [6.45, 7) is 0. The van der Waals surface area contributed by atoms with Crippen LogP contribution in [0.5, 0.6) is 11.8 Å². The van der Waals surface area contributed by atoms with Crippen LogP contribution in [0.3, 0.4) is 0 Å². The van der Waals surface area contributed by atoms with E-state index in [9.17, 15) is 13.6 Å². The van der Waals surface area contributed by atoms with Crippen molar-refractivity contribution in [1.82, 2.24) is 9.97 Å². The Morgan fingerprint density at radius 2 is 1.81 bits per heavy atom. The molecule has 0 fully saturated rings. The van der Waals surface area contributed by atoms with Gasteiger partial charge in [0.2, 0.25) is 11.8 Å². The third-order valence-corrected chi connectivity index (χ3v) is 2.67. The van der Waals surface area contributed by atoms with Gasteiger partial charge in [-0.3, -0.25) is 4.79 Å². The van der Waals surface area contributed by atoms with Gasteiger partial charge in [0.1, 0.15) is 11.6 Å². The summed E-state index contributed by atoms with van der Waals surface area (Å²) in [7, 11) is 2.74. The maximum absolute atomic E-state index is 13.1. The molecule has 0 bridgehead atoms. The SMILES string of the molecule is COc1cnc(C(=O)Cc2cc(F)cc(F)c2)c(OC)n1. The zero-order valence-corrected chi connectivity index (χ0v) is 11.4. The van der Waals surface area contributed by atoms with Crippen LogP contribution in [0.1, 0.15) is 16.1 Å². The summed E-state index contributed by atoms with van der Waals surface area (Å²) in [4.78, 5) is 20.0. The van der Waals surface area contributed by atoms with E-state index in [0.717, 1.165) is 18.2 Å². The lowest BCUT2D eigenvalue weighted by molar-refractivity contribution is 0.0984. The van der Waals surface area contributed by atoms with E-state index < -0.39 is 17.4 Å². The van der Waals surface area contributed by atoms with Crippen molar-refractivity contribution in [1.29, 1.82) is 0 Å². The van der Waals surface area contributed by atoms with E-state index >= 15 is 0 Å². The molecule has 2 rings (SSSR count). The van der Waals surface area contributed by atoms with Crippen LogP contribution in [0, 0.1) is 11.6 Å². The van der Waals surface area contributed by atoms with Crippen LogP contribution < -0.4 is 9.47 Å². The standard InChI is InChI=1S/C14H12F2N2O3/c1-20-12-7-17-13(14(18-12)21-2)11(19)5-8-3-9(15)6-10(16)4-8/h3-4,6-7H,5H2,1-2H3. The average Bonchev–Trinajstić information content (AvgIpc) is 2.45. The molecule has 0 aliphatic rings. The maximum atomic E-state index is 13.1. The number of hydrogen-bond acceptors (Lipinski definition) is 5. The average molecular weight is 294 g/mol. The molecule has 1 heterocycles. The Labute approximate surface area is 119 Å². The number of carbonyl (C=O) groups is 1. The van der Waals surface area contributed by atoms with E-state index in [1.54, 1.807) is 0 Å². The fourth-order valence-electron chi connectivity index (χ4n) is 1.77. The van der Waals surface area contributed by atoms with Gasteiger partial charge in [0.25, 0.3) is 0 Å². The zero-order valence-electron chi connectivity index (χ0n) is 11.4. The topological polar surface area (TPSA) is 61.3 Å². The van der Waals surface area contributed by atoms with Crippen LogP contribution in [0.15, 0.2) is 24.4 Å². The number of methoxy groups -OCH3 is 2. The molecule has 0 amide bonds. The van der Waals surface area contributed by atoms with E-state index in [0.29, 0.717) is 0 Å². The van der Waals surface area contributed by atoms with Crippen molar-refractivity contribution in [2.45, 2.75) is 6.42 Å². The first kappa shape index (κ1) is 14.8. The third-order valence-electron chi connectivity index (χ3n) is 2.67. The fraction of sp³-hybridized carbons (Fsp3) is 0.214. The van der Waals surface area contributed by atoms with Gasteiger partial charge >= 0.3 is 0 Å². The molecule has 1 aromatic heterocycles. The molecular weight excluding hydrogens is 282 g/mol. The van der Waals surface area contributed by atoms with Gasteiger partial charge in [-0.2, -0.15) is 4.98 Å². The molecule has 0 atom stereocenters. The Morgan fingerprint density at radius 3 is 2.38 bits per heavy atom. The van der Waals surface area contributed by atoms with E-state index in [1.165, 1.54) is 20.4 Å². The highest BCUT2D eigenvalue weighted by Gasteiger charge is 2.18. The molecule has 0 aliphatic carbocycles. The van der Waals surface area contributed by atoms with Crippen LogP contribution in [-0.4, -0.2) is 30.0 Å². The number of hydrogen-bond donors (Lipinski definition) is 0. The number of rotatable bonds is 5. The van der Waals surface area contributed by atoms with Gasteiger partial charge in [0.05, 0.1) is 20.4 Å². The number of benzene rings is 1. The van der Waals surface area contributed by atoms with Crippen molar-refractivity contribution in [3.8, 4) is 11.8 Å². The van der Waals surface area contributed by atoms with Crippen LogP contribution in [0.25, 0.3) is 0 Å². The molecule has 0 spiro atoms. The number of Topliss-reactive ketones (excluding diaryl/α,β-unsaturated/α-hetero) is 1. The quantitative estimate of drug-likeness (QED) is 0.791. The minimum absolute atomic E-state index is 0.00350. The largest absolute Gasteiger partial charge is 0.480 e. The second-order valence-corrected chi connectivity index (χ2v) is 4.15. The summed E-state index contributed by atoms with van der Waals surface area (Å²) in [6, 6.07) is 2.91. The Balaban J connectivity index is 2.27. The molecule has 21 heavy (non-hydrogen) atoms. The van der Waals surface area contributed by atoms with E-state index in [1.807, 2.05) is 0 Å². The lowest BCUT2D eigenvalue weighted by Crippen LogP contribution is -2.10. The van der Waals surface area contributed by atoms with Gasteiger partial charge in [-0.15, -0.1) is 0 Å². The molecule has 0 saturated carbocycles. The van der Waals surface area contributed by atoms with Crippen LogP contribution in [0.4, 0.5) is 8.78 Å². The molecule has 0 unspecified atom stereocenters. The van der Waals surface area contributed by atoms with Crippen molar-refractivity contribution in [3.05, 3.63) is 47.3 Å². The minimum atomic E-state index is -0.745. The predicted molar refractivity (Wildman–Crippen MR) is 69.5 cm³/mol. The molecule has 0 radical (unpaired) electrons. The number of nitrogens with zero attached hydrogens (tertiary/aromatic N) is 2. The highest BCUT2D eigenvalue weighted by Crippen LogP contribution is 2.19. The number of ether oxygens (including phenoxy) is 2. The van der Waals surface area contributed by atoms with E-state index in [2.05, 4.69) is 9.97 Å². The molecule has 110 valence electrons. The van der Waals surface area contributed by atoms with Gasteiger partial charge in [0.15, 0.2) is 11.5 Å². The van der Waals surface area contributed by atoms with E-state index in [-0.39, 0.29) is 29.4 Å². The van der Waals surface area contributed by atoms with Crippen molar-refractivity contribution in [2.75, 3.05) is 14.2 Å². The molecule has 1 aromatic carbocycles. The summed E-state index contributed by atoms with van der Waals surface area (Å²) in [6.07, 6.45) is 1.05. The molecule has 2 aromatic rings. The fourth-order valence-corrected chi connectivity index (χ4v) is 1.77. The highest BCUT2D eigenvalue weighted by molar-refractivity contribution is 5.97. The Bertz CT molecular complexity index is 657. The highest BCUT2D eigenvalue weighted by atomic mass is 19.1. The Hall–Kier alpha value is -2.57. The number of aromatic nitrogens is 2. The number of ketones is 1. The van der Waals surface area contributed by atoms with Crippen molar-refractivity contribution >= 4 is 5.78 Å². The van der Waals surface area contributed by atoms with Crippen LogP contribution in [0.2, 0.25) is 0 Å². The molecule has 0 N–H and O–H groups in total. The Morgan fingerprint density at radius 1 is 1.14 bits per heavy atom. The smallest absolute Gasteiger partial charge is 0.246 e. The summed E-state index contributed by atoms with van der Waals surface area (Å²) in [5, 5.41) is 0. The second-order valence-electron chi connectivity index (χ2n) is 4.15.